The molecule has 1 unspecified atom stereocenters. The van der Waals surface area contributed by atoms with E-state index in [0.29, 0.717) is 12.2 Å². The van der Waals surface area contributed by atoms with Crippen LogP contribution < -0.4 is 9.47 Å². The predicted octanol–water partition coefficient (Wildman–Crippen LogP) is 5.94. The first-order valence-electron chi connectivity index (χ1n) is 12.6. The molecule has 1 N–H and O–H groups in total. The van der Waals surface area contributed by atoms with Crippen LogP contribution in [0.25, 0.3) is 5.76 Å². The van der Waals surface area contributed by atoms with E-state index in [2.05, 4.69) is 0 Å². The number of likely N-dealkylation sites (tertiary alicyclic amines) is 1. The fraction of sp³-hybridized carbons (Fsp3) is 0.448. The van der Waals surface area contributed by atoms with Crippen LogP contribution in [0.15, 0.2) is 48.0 Å². The second-order valence-electron chi connectivity index (χ2n) is 9.71. The summed E-state index contributed by atoms with van der Waals surface area (Å²) in [6, 6.07) is 12.2. The molecule has 1 saturated heterocycles. The third-order valence-electron chi connectivity index (χ3n) is 6.68. The molecule has 0 bridgehead atoms. The van der Waals surface area contributed by atoms with Crippen LogP contribution in [0.3, 0.4) is 0 Å². The van der Waals surface area contributed by atoms with E-state index in [9.17, 15) is 14.7 Å². The van der Waals surface area contributed by atoms with Gasteiger partial charge < -0.3 is 19.5 Å². The van der Waals surface area contributed by atoms with E-state index in [1.165, 1.54) is 0 Å². The first kappa shape index (κ1) is 24.8. The minimum Gasteiger partial charge on any atom is -0.507 e. The van der Waals surface area contributed by atoms with E-state index in [1.54, 1.807) is 23.1 Å². The van der Waals surface area contributed by atoms with Crippen LogP contribution in [0.4, 0.5) is 0 Å². The number of aliphatic hydroxyl groups is 1. The largest absolute Gasteiger partial charge is 0.507 e. The molecule has 2 fully saturated rings. The molecular formula is C29H35NO5. The van der Waals surface area contributed by atoms with Crippen molar-refractivity contribution in [1.82, 2.24) is 4.90 Å². The third kappa shape index (κ3) is 5.07. The van der Waals surface area contributed by atoms with Crippen LogP contribution in [0.2, 0.25) is 0 Å². The Morgan fingerprint density at radius 2 is 1.77 bits per heavy atom. The van der Waals surface area contributed by atoms with Gasteiger partial charge in [-0.3, -0.25) is 9.59 Å². The van der Waals surface area contributed by atoms with Crippen molar-refractivity contribution in [3.63, 3.8) is 0 Å². The normalized spacial score (nSPS) is 20.1. The molecule has 1 aliphatic heterocycles. The lowest BCUT2D eigenvalue weighted by molar-refractivity contribution is -0.141. The van der Waals surface area contributed by atoms with Crippen LogP contribution in [-0.4, -0.2) is 40.4 Å². The summed E-state index contributed by atoms with van der Waals surface area (Å²) in [5.41, 5.74) is 2.29. The fourth-order valence-corrected chi connectivity index (χ4v) is 5.06. The molecule has 1 saturated carbocycles. The van der Waals surface area contributed by atoms with Gasteiger partial charge in [-0.15, -0.1) is 0 Å². The Labute approximate surface area is 207 Å². The molecule has 35 heavy (non-hydrogen) atoms. The number of aryl methyl sites for hydroxylation is 1. The topological polar surface area (TPSA) is 76.1 Å². The average molecular weight is 478 g/mol. The number of Topliss-reactive ketones (excluding diaryl/α,β-unsaturated/α-hetero) is 1. The first-order valence-corrected chi connectivity index (χ1v) is 12.6. The summed E-state index contributed by atoms with van der Waals surface area (Å²) in [5, 5.41) is 11.4. The monoisotopic (exact) mass is 477 g/mol. The summed E-state index contributed by atoms with van der Waals surface area (Å²) < 4.78 is 11.5. The zero-order valence-corrected chi connectivity index (χ0v) is 21.0. The SMILES string of the molecule is CCCOc1ccc(/C(O)=C2/C(=O)C(=O)N(C3CCCC3)C2c2ccc(OC(C)C)cc2)cc1C. The number of nitrogens with zero attached hydrogens (tertiary/aromatic N) is 1. The molecule has 6 heteroatoms. The van der Waals surface area contributed by atoms with Gasteiger partial charge in [0.1, 0.15) is 17.3 Å². The minimum atomic E-state index is -0.637. The maximum Gasteiger partial charge on any atom is 0.295 e. The van der Waals surface area contributed by atoms with Crippen LogP contribution in [-0.2, 0) is 9.59 Å². The van der Waals surface area contributed by atoms with Gasteiger partial charge in [-0.2, -0.15) is 0 Å². The zero-order chi connectivity index (χ0) is 25.1. The Kier molecular flexibility index (Phi) is 7.48. The molecular weight excluding hydrogens is 442 g/mol. The standard InChI is InChI=1S/C29H35NO5/c1-5-16-34-24-15-12-21(17-19(24)4)27(31)25-26(20-10-13-23(14-11-20)35-18(2)3)30(29(33)28(25)32)22-8-6-7-9-22/h10-15,17-18,22,26,31H,5-9,16H2,1-4H3/b27-25-. The summed E-state index contributed by atoms with van der Waals surface area (Å²) in [5.74, 6) is 0.143. The third-order valence-corrected chi connectivity index (χ3v) is 6.68. The average Bonchev–Trinajstić information content (AvgIpc) is 3.45. The van der Waals surface area contributed by atoms with E-state index >= 15 is 0 Å². The number of benzene rings is 2. The van der Waals surface area contributed by atoms with Gasteiger partial charge in [-0.25, -0.2) is 0 Å². The summed E-state index contributed by atoms with van der Waals surface area (Å²) >= 11 is 0. The van der Waals surface area contributed by atoms with Crippen molar-refractivity contribution in [2.24, 2.45) is 0 Å². The molecule has 2 aromatic rings. The highest BCUT2D eigenvalue weighted by Crippen LogP contribution is 2.44. The second-order valence-corrected chi connectivity index (χ2v) is 9.71. The highest BCUT2D eigenvalue weighted by atomic mass is 16.5. The van der Waals surface area contributed by atoms with Gasteiger partial charge in [0.25, 0.3) is 11.7 Å². The number of ether oxygens (including phenoxy) is 2. The smallest absolute Gasteiger partial charge is 0.295 e. The van der Waals surface area contributed by atoms with E-state index < -0.39 is 17.7 Å². The highest BCUT2D eigenvalue weighted by molar-refractivity contribution is 6.46. The maximum absolute atomic E-state index is 13.3. The van der Waals surface area contributed by atoms with Crippen molar-refractivity contribution in [1.29, 1.82) is 0 Å². The molecule has 186 valence electrons. The van der Waals surface area contributed by atoms with Crippen LogP contribution in [0, 0.1) is 6.92 Å². The number of ketones is 1. The number of hydrogen-bond acceptors (Lipinski definition) is 5. The van der Waals surface area contributed by atoms with Crippen molar-refractivity contribution >= 4 is 17.4 Å². The van der Waals surface area contributed by atoms with E-state index in [4.69, 9.17) is 9.47 Å². The van der Waals surface area contributed by atoms with Crippen LogP contribution in [0.5, 0.6) is 11.5 Å². The Bertz CT molecular complexity index is 1110. The highest BCUT2D eigenvalue weighted by Gasteiger charge is 2.49. The Morgan fingerprint density at radius 3 is 2.37 bits per heavy atom. The number of hydrogen-bond donors (Lipinski definition) is 1. The Balaban J connectivity index is 1.78. The second kappa shape index (κ2) is 10.5. The molecule has 1 amide bonds. The van der Waals surface area contributed by atoms with Crippen molar-refractivity contribution in [3.8, 4) is 11.5 Å². The van der Waals surface area contributed by atoms with Gasteiger partial charge in [-0.1, -0.05) is 31.9 Å². The molecule has 4 rings (SSSR count). The number of carbonyl (C=O) groups excluding carboxylic acids is 2. The van der Waals surface area contributed by atoms with Gasteiger partial charge in [0, 0.05) is 11.6 Å². The fourth-order valence-electron chi connectivity index (χ4n) is 5.06. The summed E-state index contributed by atoms with van der Waals surface area (Å²) in [4.78, 5) is 28.3. The molecule has 0 spiro atoms. The van der Waals surface area contributed by atoms with Gasteiger partial charge in [0.05, 0.1) is 24.3 Å². The van der Waals surface area contributed by atoms with Crippen molar-refractivity contribution in [2.75, 3.05) is 6.61 Å². The lowest BCUT2D eigenvalue weighted by Gasteiger charge is -2.31. The summed E-state index contributed by atoms with van der Waals surface area (Å²) in [7, 11) is 0. The van der Waals surface area contributed by atoms with E-state index in [0.717, 1.165) is 54.7 Å². The quantitative estimate of drug-likeness (QED) is 0.289. The minimum absolute atomic E-state index is 0.0140. The summed E-state index contributed by atoms with van der Waals surface area (Å²) in [6.07, 6.45) is 4.71. The van der Waals surface area contributed by atoms with Crippen molar-refractivity contribution in [3.05, 3.63) is 64.7 Å². The molecule has 6 nitrogen and oxygen atoms in total. The Hall–Kier alpha value is -3.28. The van der Waals surface area contributed by atoms with Crippen LogP contribution in [0.1, 0.15) is 75.6 Å². The number of amides is 1. The molecule has 0 radical (unpaired) electrons. The number of aliphatic hydroxyl groups excluding tert-OH is 1. The molecule has 1 atom stereocenters. The number of carbonyl (C=O) groups is 2. The first-order chi connectivity index (χ1) is 16.8. The number of rotatable bonds is 8. The van der Waals surface area contributed by atoms with Gasteiger partial charge in [0.2, 0.25) is 0 Å². The van der Waals surface area contributed by atoms with E-state index in [1.807, 2.05) is 52.0 Å². The zero-order valence-electron chi connectivity index (χ0n) is 21.0. The molecule has 1 aliphatic carbocycles. The predicted molar refractivity (Wildman–Crippen MR) is 136 cm³/mol. The van der Waals surface area contributed by atoms with Gasteiger partial charge in [0.15, 0.2) is 0 Å². The maximum atomic E-state index is 13.3. The Morgan fingerprint density at radius 1 is 1.09 bits per heavy atom. The van der Waals surface area contributed by atoms with Gasteiger partial charge in [-0.05, 0) is 81.5 Å². The van der Waals surface area contributed by atoms with Crippen molar-refractivity contribution < 1.29 is 24.2 Å². The lowest BCUT2D eigenvalue weighted by Crippen LogP contribution is -2.37. The summed E-state index contributed by atoms with van der Waals surface area (Å²) in [6.45, 7) is 8.48. The van der Waals surface area contributed by atoms with E-state index in [-0.39, 0.29) is 23.5 Å². The lowest BCUT2D eigenvalue weighted by atomic mass is 9.94. The van der Waals surface area contributed by atoms with Crippen molar-refractivity contribution in [2.45, 2.75) is 78.0 Å². The molecule has 0 aromatic heterocycles. The molecule has 1 heterocycles. The molecule has 2 aliphatic rings. The van der Waals surface area contributed by atoms with Gasteiger partial charge >= 0.3 is 0 Å². The molecule has 2 aromatic carbocycles. The van der Waals surface area contributed by atoms with Crippen LogP contribution >= 0.6 is 0 Å².